The minimum atomic E-state index is -0.784. The summed E-state index contributed by atoms with van der Waals surface area (Å²) >= 11 is 0. The van der Waals surface area contributed by atoms with Crippen LogP contribution >= 0.6 is 0 Å². The monoisotopic (exact) mass is 502 g/mol. The third-order valence-electron chi connectivity index (χ3n) is 10.4. The van der Waals surface area contributed by atoms with Crippen LogP contribution in [0.15, 0.2) is 12.1 Å². The predicted octanol–water partition coefficient (Wildman–Crippen LogP) is 10.3. The number of aryl methyl sites for hydroxylation is 1. The molecule has 0 bridgehead atoms. The smallest absolute Gasteiger partial charge is 0.200 e. The first-order chi connectivity index (χ1) is 17.6. The Labute approximate surface area is 220 Å². The highest BCUT2D eigenvalue weighted by molar-refractivity contribution is 5.31. The van der Waals surface area contributed by atoms with Crippen molar-refractivity contribution in [2.75, 3.05) is 6.61 Å². The summed E-state index contributed by atoms with van der Waals surface area (Å²) in [7, 11) is 0. The third kappa shape index (κ3) is 7.70. The van der Waals surface area contributed by atoms with E-state index in [0.717, 1.165) is 42.9 Å². The minimum Gasteiger partial charge on any atom is -0.490 e. The van der Waals surface area contributed by atoms with Gasteiger partial charge >= 0.3 is 0 Å². The van der Waals surface area contributed by atoms with Gasteiger partial charge in [-0.15, -0.1) is 0 Å². The fourth-order valence-corrected chi connectivity index (χ4v) is 7.64. The fraction of sp³-hybridized carbons (Fsp3) is 0.818. The molecule has 0 saturated heterocycles. The average Bonchev–Trinajstić information content (AvgIpc) is 2.93. The van der Waals surface area contributed by atoms with E-state index in [1.807, 2.05) is 0 Å². The minimum absolute atomic E-state index is 0.0961. The molecule has 0 spiro atoms. The van der Waals surface area contributed by atoms with Crippen molar-refractivity contribution in [2.45, 2.75) is 129 Å². The van der Waals surface area contributed by atoms with Crippen LogP contribution in [-0.4, -0.2) is 6.61 Å². The molecule has 1 nitrogen and oxygen atoms in total. The zero-order chi connectivity index (χ0) is 25.3. The number of hydrogen-bond donors (Lipinski definition) is 0. The summed E-state index contributed by atoms with van der Waals surface area (Å²) in [6.07, 6.45) is 22.8. The molecule has 0 radical (unpaired) electrons. The zero-order valence-electron chi connectivity index (χ0n) is 23.2. The van der Waals surface area contributed by atoms with E-state index in [0.29, 0.717) is 30.4 Å². The molecule has 1 aromatic rings. The Kier molecular flexibility index (Phi) is 11.0. The molecule has 0 aliphatic heterocycles. The van der Waals surface area contributed by atoms with Crippen LogP contribution in [-0.2, 0) is 6.42 Å². The lowest BCUT2D eigenvalue weighted by atomic mass is 9.68. The van der Waals surface area contributed by atoms with E-state index in [1.54, 1.807) is 12.1 Å². The molecule has 3 fully saturated rings. The van der Waals surface area contributed by atoms with Crippen LogP contribution in [0.4, 0.5) is 8.78 Å². The maximum atomic E-state index is 14.8. The van der Waals surface area contributed by atoms with E-state index in [-0.39, 0.29) is 5.75 Å². The predicted molar refractivity (Wildman–Crippen MR) is 146 cm³/mol. The Morgan fingerprint density at radius 1 is 0.667 bits per heavy atom. The standard InChI is InChI=1S/C33H52F2O/c1-3-5-6-25-11-16-28(17-12-25)29-18-13-26(14-19-29)15-20-30-21-22-31(33(35)32(30)34)36-23-27-9-7-24(4-2)8-10-27/h21-22,24-29H,3-20,23H2,1-2H3/t24-,25-,26-,27-,28-,29-. The van der Waals surface area contributed by atoms with Crippen molar-refractivity contribution < 1.29 is 13.5 Å². The molecule has 0 amide bonds. The number of benzene rings is 1. The third-order valence-corrected chi connectivity index (χ3v) is 10.4. The van der Waals surface area contributed by atoms with Gasteiger partial charge in [0.1, 0.15) is 0 Å². The van der Waals surface area contributed by atoms with Crippen LogP contribution in [0.3, 0.4) is 0 Å². The van der Waals surface area contributed by atoms with Crippen molar-refractivity contribution in [2.24, 2.45) is 35.5 Å². The molecule has 4 rings (SSSR count). The van der Waals surface area contributed by atoms with Gasteiger partial charge in [-0.2, -0.15) is 4.39 Å². The molecule has 36 heavy (non-hydrogen) atoms. The number of rotatable bonds is 11. The van der Waals surface area contributed by atoms with Crippen molar-refractivity contribution in [1.29, 1.82) is 0 Å². The van der Waals surface area contributed by atoms with Crippen molar-refractivity contribution in [3.8, 4) is 5.75 Å². The van der Waals surface area contributed by atoms with Crippen molar-refractivity contribution in [1.82, 2.24) is 0 Å². The molecule has 0 heterocycles. The number of unbranched alkanes of at least 4 members (excludes halogenated alkanes) is 1. The van der Waals surface area contributed by atoms with Gasteiger partial charge < -0.3 is 4.74 Å². The van der Waals surface area contributed by atoms with E-state index in [9.17, 15) is 8.78 Å². The summed E-state index contributed by atoms with van der Waals surface area (Å²) < 4.78 is 35.3. The van der Waals surface area contributed by atoms with Crippen LogP contribution < -0.4 is 4.74 Å². The molecule has 3 aliphatic carbocycles. The normalized spacial score (nSPS) is 31.3. The topological polar surface area (TPSA) is 9.23 Å². The van der Waals surface area contributed by atoms with Gasteiger partial charge in [0.15, 0.2) is 11.6 Å². The molecule has 0 N–H and O–H groups in total. The molecule has 0 aromatic heterocycles. The Balaban J connectivity index is 1.17. The summed E-state index contributed by atoms with van der Waals surface area (Å²) in [6.45, 7) is 5.07. The second-order valence-electron chi connectivity index (χ2n) is 12.7. The highest BCUT2D eigenvalue weighted by Gasteiger charge is 2.31. The van der Waals surface area contributed by atoms with Gasteiger partial charge in [-0.05, 0) is 98.5 Å². The maximum absolute atomic E-state index is 14.8. The first-order valence-electron chi connectivity index (χ1n) is 15.7. The number of ether oxygens (including phenoxy) is 1. The fourth-order valence-electron chi connectivity index (χ4n) is 7.64. The number of halogens is 2. The highest BCUT2D eigenvalue weighted by atomic mass is 19.2. The van der Waals surface area contributed by atoms with Crippen molar-refractivity contribution in [3.63, 3.8) is 0 Å². The second-order valence-corrected chi connectivity index (χ2v) is 12.7. The summed E-state index contributed by atoms with van der Waals surface area (Å²) in [6, 6.07) is 3.43. The maximum Gasteiger partial charge on any atom is 0.200 e. The Morgan fingerprint density at radius 3 is 1.81 bits per heavy atom. The first-order valence-corrected chi connectivity index (χ1v) is 15.7. The van der Waals surface area contributed by atoms with Crippen LogP contribution in [0.25, 0.3) is 0 Å². The van der Waals surface area contributed by atoms with Gasteiger partial charge in [0, 0.05) is 0 Å². The van der Waals surface area contributed by atoms with E-state index in [1.165, 1.54) is 89.9 Å². The average molecular weight is 503 g/mol. The van der Waals surface area contributed by atoms with E-state index in [2.05, 4.69) is 13.8 Å². The summed E-state index contributed by atoms with van der Waals surface area (Å²) in [5.41, 5.74) is 0.524. The Bertz CT molecular complexity index is 768. The Hall–Kier alpha value is -1.12. The van der Waals surface area contributed by atoms with Crippen molar-refractivity contribution in [3.05, 3.63) is 29.3 Å². The largest absolute Gasteiger partial charge is 0.490 e. The van der Waals surface area contributed by atoms with Gasteiger partial charge in [0.2, 0.25) is 5.82 Å². The SMILES string of the molecule is CCCC[C@H]1CC[C@H]([C@H]2CC[C@H](CCc3ccc(OC[C@H]4CC[C@H](CC)CC4)c(F)c3F)CC2)CC1. The molecule has 0 atom stereocenters. The molecule has 0 unspecified atom stereocenters. The highest BCUT2D eigenvalue weighted by Crippen LogP contribution is 2.43. The quantitative estimate of drug-likeness (QED) is 0.292. The summed E-state index contributed by atoms with van der Waals surface area (Å²) in [4.78, 5) is 0. The summed E-state index contributed by atoms with van der Waals surface area (Å²) in [5.74, 6) is 3.45. The molecule has 204 valence electrons. The molecular weight excluding hydrogens is 450 g/mol. The Morgan fingerprint density at radius 2 is 1.22 bits per heavy atom. The molecule has 3 saturated carbocycles. The molecular formula is C33H52F2O. The van der Waals surface area contributed by atoms with Gasteiger partial charge in [-0.3, -0.25) is 0 Å². The molecule has 3 aliphatic rings. The van der Waals surface area contributed by atoms with Crippen LogP contribution in [0.5, 0.6) is 5.75 Å². The van der Waals surface area contributed by atoms with E-state index in [4.69, 9.17) is 4.74 Å². The zero-order valence-corrected chi connectivity index (χ0v) is 23.2. The summed E-state index contributed by atoms with van der Waals surface area (Å²) in [5, 5.41) is 0. The van der Waals surface area contributed by atoms with Gasteiger partial charge in [0.25, 0.3) is 0 Å². The van der Waals surface area contributed by atoms with Crippen LogP contribution in [0.2, 0.25) is 0 Å². The van der Waals surface area contributed by atoms with Crippen LogP contribution in [0.1, 0.15) is 129 Å². The van der Waals surface area contributed by atoms with Crippen LogP contribution in [0, 0.1) is 47.1 Å². The van der Waals surface area contributed by atoms with E-state index >= 15 is 0 Å². The first kappa shape index (κ1) is 27.9. The lowest BCUT2D eigenvalue weighted by Crippen LogP contribution is -2.26. The van der Waals surface area contributed by atoms with Gasteiger partial charge in [-0.25, -0.2) is 4.39 Å². The second kappa shape index (κ2) is 14.1. The van der Waals surface area contributed by atoms with Crippen molar-refractivity contribution >= 4 is 0 Å². The van der Waals surface area contributed by atoms with Gasteiger partial charge in [0.05, 0.1) is 6.61 Å². The number of hydrogen-bond acceptors (Lipinski definition) is 1. The van der Waals surface area contributed by atoms with Gasteiger partial charge in [-0.1, -0.05) is 84.1 Å². The lowest BCUT2D eigenvalue weighted by molar-refractivity contribution is 0.140. The molecule has 1 aromatic carbocycles. The molecule has 3 heteroatoms. The van der Waals surface area contributed by atoms with E-state index < -0.39 is 11.6 Å². The lowest BCUT2D eigenvalue weighted by Gasteiger charge is -2.38.